The van der Waals surface area contributed by atoms with Crippen molar-refractivity contribution in [1.82, 2.24) is 4.90 Å². The van der Waals surface area contributed by atoms with Crippen LogP contribution in [0.3, 0.4) is 0 Å². The van der Waals surface area contributed by atoms with E-state index in [1.807, 2.05) is 0 Å². The minimum atomic E-state index is -0.271. The highest BCUT2D eigenvalue weighted by atomic mass is 16.6. The first-order valence-electron chi connectivity index (χ1n) is 6.49. The molecule has 100 valence electrons. The summed E-state index contributed by atoms with van der Waals surface area (Å²) >= 11 is 0. The Morgan fingerprint density at radius 3 is 2.53 bits per heavy atom. The zero-order valence-electron chi connectivity index (χ0n) is 11.3. The Labute approximate surface area is 104 Å². The van der Waals surface area contributed by atoms with Crippen LogP contribution in [0.5, 0.6) is 0 Å². The van der Waals surface area contributed by atoms with E-state index < -0.39 is 0 Å². The molecule has 0 saturated carbocycles. The molecule has 1 fully saturated rings. The van der Waals surface area contributed by atoms with E-state index in [4.69, 9.17) is 9.47 Å². The van der Waals surface area contributed by atoms with Crippen LogP contribution in [0.25, 0.3) is 0 Å². The first kappa shape index (κ1) is 14.5. The van der Waals surface area contributed by atoms with Crippen LogP contribution in [0.2, 0.25) is 0 Å². The van der Waals surface area contributed by atoms with Crippen LogP contribution < -0.4 is 0 Å². The zero-order valence-corrected chi connectivity index (χ0v) is 11.3. The van der Waals surface area contributed by atoms with E-state index in [1.54, 1.807) is 6.92 Å². The molecule has 0 aromatic rings. The molecule has 0 unspecified atom stereocenters. The van der Waals surface area contributed by atoms with Crippen molar-refractivity contribution < 1.29 is 14.3 Å². The summed E-state index contributed by atoms with van der Waals surface area (Å²) < 4.78 is 10.1. The van der Waals surface area contributed by atoms with Gasteiger partial charge in [-0.3, -0.25) is 0 Å². The lowest BCUT2D eigenvalue weighted by Gasteiger charge is -2.36. The van der Waals surface area contributed by atoms with Crippen molar-refractivity contribution in [2.45, 2.75) is 33.6 Å². The molecule has 0 atom stereocenters. The summed E-state index contributed by atoms with van der Waals surface area (Å²) in [6.07, 6.45) is 2.48. The molecule has 1 aliphatic rings. The van der Waals surface area contributed by atoms with Gasteiger partial charge in [-0.15, -0.1) is 0 Å². The number of esters is 1. The van der Waals surface area contributed by atoms with Crippen LogP contribution >= 0.6 is 0 Å². The van der Waals surface area contributed by atoms with Gasteiger partial charge in [0, 0.05) is 6.54 Å². The third-order valence-corrected chi connectivity index (χ3v) is 3.29. The minimum Gasteiger partial charge on any atom is -0.464 e. The number of nitrogens with zero attached hydrogens (tertiary/aromatic N) is 1. The van der Waals surface area contributed by atoms with E-state index in [-0.39, 0.29) is 12.6 Å². The fraction of sp³-hybridized carbons (Fsp3) is 0.923. The molecule has 1 saturated heterocycles. The van der Waals surface area contributed by atoms with Crippen molar-refractivity contribution in [2.24, 2.45) is 5.41 Å². The maximum absolute atomic E-state index is 11.0. The number of hydrogen-bond acceptors (Lipinski definition) is 4. The average molecular weight is 243 g/mol. The third kappa shape index (κ3) is 6.03. The Kier molecular flexibility index (Phi) is 5.92. The topological polar surface area (TPSA) is 38.8 Å². The second-order valence-corrected chi connectivity index (χ2v) is 5.36. The summed E-state index contributed by atoms with van der Waals surface area (Å²) in [5.41, 5.74) is 0.488. The second-order valence-electron chi connectivity index (χ2n) is 5.36. The minimum absolute atomic E-state index is 0.0766. The van der Waals surface area contributed by atoms with Crippen LogP contribution in [0.4, 0.5) is 0 Å². The third-order valence-electron chi connectivity index (χ3n) is 3.29. The molecule has 0 N–H and O–H groups in total. The molecular formula is C13H25NO3. The van der Waals surface area contributed by atoms with Crippen molar-refractivity contribution in [3.05, 3.63) is 0 Å². The van der Waals surface area contributed by atoms with Crippen molar-refractivity contribution in [3.63, 3.8) is 0 Å². The summed E-state index contributed by atoms with van der Waals surface area (Å²) in [7, 11) is 0. The largest absolute Gasteiger partial charge is 0.464 e. The van der Waals surface area contributed by atoms with E-state index in [9.17, 15) is 4.79 Å². The summed E-state index contributed by atoms with van der Waals surface area (Å²) in [5.74, 6) is -0.271. The Bertz CT molecular complexity index is 231. The summed E-state index contributed by atoms with van der Waals surface area (Å²) in [6.45, 7) is 10.7. The fourth-order valence-corrected chi connectivity index (χ4v) is 1.93. The summed E-state index contributed by atoms with van der Waals surface area (Å²) in [4.78, 5) is 13.4. The SMILES string of the molecule is CCOC(=O)COCCN1CCC(C)(C)CC1. The van der Waals surface area contributed by atoms with Crippen molar-refractivity contribution in [1.29, 1.82) is 0 Å². The normalized spacial score (nSPS) is 20.2. The van der Waals surface area contributed by atoms with Gasteiger partial charge in [0.1, 0.15) is 6.61 Å². The van der Waals surface area contributed by atoms with Crippen molar-refractivity contribution in [3.8, 4) is 0 Å². The predicted molar refractivity (Wildman–Crippen MR) is 66.9 cm³/mol. The molecule has 1 heterocycles. The zero-order chi connectivity index (χ0) is 12.7. The monoisotopic (exact) mass is 243 g/mol. The lowest BCUT2D eigenvalue weighted by molar-refractivity contribution is -0.148. The number of hydrogen-bond donors (Lipinski definition) is 0. The first-order valence-corrected chi connectivity index (χ1v) is 6.49. The number of carbonyl (C=O) groups excluding carboxylic acids is 1. The van der Waals surface area contributed by atoms with E-state index in [0.717, 1.165) is 19.6 Å². The summed E-state index contributed by atoms with van der Waals surface area (Å²) in [5, 5.41) is 0. The Morgan fingerprint density at radius 1 is 1.29 bits per heavy atom. The number of ether oxygens (including phenoxy) is 2. The highest BCUT2D eigenvalue weighted by molar-refractivity contribution is 5.70. The molecule has 1 aliphatic heterocycles. The van der Waals surface area contributed by atoms with Crippen LogP contribution in [-0.4, -0.2) is 50.3 Å². The van der Waals surface area contributed by atoms with Gasteiger partial charge in [-0.1, -0.05) is 13.8 Å². The van der Waals surface area contributed by atoms with Crippen LogP contribution in [0, 0.1) is 5.41 Å². The highest BCUT2D eigenvalue weighted by Crippen LogP contribution is 2.29. The van der Waals surface area contributed by atoms with Gasteiger partial charge < -0.3 is 14.4 Å². The van der Waals surface area contributed by atoms with Crippen molar-refractivity contribution >= 4 is 5.97 Å². The molecular weight excluding hydrogens is 218 g/mol. The number of piperidine rings is 1. The van der Waals surface area contributed by atoms with Gasteiger partial charge in [0.2, 0.25) is 0 Å². The van der Waals surface area contributed by atoms with Gasteiger partial charge >= 0.3 is 5.97 Å². The van der Waals surface area contributed by atoms with Crippen LogP contribution in [0.1, 0.15) is 33.6 Å². The number of likely N-dealkylation sites (tertiary alicyclic amines) is 1. The standard InChI is InChI=1S/C13H25NO3/c1-4-17-12(15)11-16-10-9-14-7-5-13(2,3)6-8-14/h4-11H2,1-3H3. The highest BCUT2D eigenvalue weighted by Gasteiger charge is 2.24. The quantitative estimate of drug-likeness (QED) is 0.525. The molecule has 0 aromatic heterocycles. The molecule has 0 aliphatic carbocycles. The molecule has 0 amide bonds. The average Bonchev–Trinajstić information content (AvgIpc) is 2.27. The molecule has 0 spiro atoms. The first-order chi connectivity index (χ1) is 8.03. The van der Waals surface area contributed by atoms with Gasteiger partial charge in [0.25, 0.3) is 0 Å². The lowest BCUT2D eigenvalue weighted by Crippen LogP contribution is -2.39. The smallest absolute Gasteiger partial charge is 0.332 e. The lowest BCUT2D eigenvalue weighted by atomic mass is 9.83. The Morgan fingerprint density at radius 2 is 1.94 bits per heavy atom. The molecule has 4 nitrogen and oxygen atoms in total. The van der Waals surface area contributed by atoms with E-state index in [1.165, 1.54) is 12.8 Å². The molecule has 0 aromatic carbocycles. The van der Waals surface area contributed by atoms with Crippen LogP contribution in [-0.2, 0) is 14.3 Å². The second kappa shape index (κ2) is 6.97. The molecule has 0 radical (unpaired) electrons. The maximum Gasteiger partial charge on any atom is 0.332 e. The predicted octanol–water partition coefficient (Wildman–Crippen LogP) is 1.69. The number of carbonyl (C=O) groups is 1. The van der Waals surface area contributed by atoms with E-state index in [0.29, 0.717) is 18.6 Å². The van der Waals surface area contributed by atoms with Crippen molar-refractivity contribution in [2.75, 3.05) is 39.5 Å². The molecule has 17 heavy (non-hydrogen) atoms. The van der Waals surface area contributed by atoms with Gasteiger partial charge in [0.15, 0.2) is 0 Å². The van der Waals surface area contributed by atoms with Crippen LogP contribution in [0.15, 0.2) is 0 Å². The van der Waals surface area contributed by atoms with E-state index >= 15 is 0 Å². The Hall–Kier alpha value is -0.610. The number of rotatable bonds is 6. The maximum atomic E-state index is 11.0. The summed E-state index contributed by atoms with van der Waals surface area (Å²) in [6, 6.07) is 0. The molecule has 1 rings (SSSR count). The van der Waals surface area contributed by atoms with Gasteiger partial charge in [-0.25, -0.2) is 4.79 Å². The van der Waals surface area contributed by atoms with Gasteiger partial charge in [-0.2, -0.15) is 0 Å². The van der Waals surface area contributed by atoms with Gasteiger partial charge in [0.05, 0.1) is 13.2 Å². The molecule has 4 heteroatoms. The van der Waals surface area contributed by atoms with Gasteiger partial charge in [-0.05, 0) is 38.3 Å². The fourth-order valence-electron chi connectivity index (χ4n) is 1.93. The van der Waals surface area contributed by atoms with E-state index in [2.05, 4.69) is 18.7 Å². The Balaban J connectivity index is 2.02. The molecule has 0 bridgehead atoms.